The van der Waals surface area contributed by atoms with Crippen LogP contribution in [0.3, 0.4) is 0 Å². The van der Waals surface area contributed by atoms with Crippen molar-refractivity contribution in [2.75, 3.05) is 5.32 Å². The number of nitrogens with zero attached hydrogens (tertiary/aromatic N) is 5. The Morgan fingerprint density at radius 3 is 2.78 bits per heavy atom. The highest BCUT2D eigenvalue weighted by Gasteiger charge is 2.32. The van der Waals surface area contributed by atoms with E-state index in [2.05, 4.69) is 15.6 Å². The number of aromatic nitrogens is 4. The van der Waals surface area contributed by atoms with E-state index in [1.165, 1.54) is 0 Å². The van der Waals surface area contributed by atoms with Crippen molar-refractivity contribution in [2.24, 2.45) is 12.2 Å². The number of rotatable bonds is 5. The molecule has 0 fully saturated rings. The molecule has 0 radical (unpaired) electrons. The molecule has 0 saturated carbocycles. The van der Waals surface area contributed by atoms with E-state index in [0.717, 1.165) is 29.1 Å². The standard InChI is InChI=1S/C23H28N6O3/c1-6-28-13-18(15(3)25-28)19-12-20(32-26-19)22(30)24-21-16(4)27(5)29(23(21)31)17-9-7-8-14(2)10-11-17/h7-8,10-11,13,20H,6,9,12H2,1-5H3,(H,24,30). The van der Waals surface area contributed by atoms with Crippen molar-refractivity contribution in [1.82, 2.24) is 19.1 Å². The second-order valence-electron chi connectivity index (χ2n) is 8.09. The van der Waals surface area contributed by atoms with Crippen LogP contribution in [-0.2, 0) is 23.2 Å². The summed E-state index contributed by atoms with van der Waals surface area (Å²) in [4.78, 5) is 31.5. The van der Waals surface area contributed by atoms with Gasteiger partial charge in [0.05, 0.1) is 17.1 Å². The zero-order chi connectivity index (χ0) is 23.0. The molecule has 168 valence electrons. The number of allylic oxidation sites excluding steroid dienone is 6. The highest BCUT2D eigenvalue weighted by Crippen LogP contribution is 2.22. The topological polar surface area (TPSA) is 95.4 Å². The molecule has 0 saturated heterocycles. The smallest absolute Gasteiger partial charge is 0.295 e. The predicted molar refractivity (Wildman–Crippen MR) is 123 cm³/mol. The lowest BCUT2D eigenvalue weighted by Gasteiger charge is -2.10. The Labute approximate surface area is 186 Å². The van der Waals surface area contributed by atoms with Gasteiger partial charge in [0.1, 0.15) is 5.69 Å². The first-order valence-electron chi connectivity index (χ1n) is 10.7. The first kappa shape index (κ1) is 21.6. The van der Waals surface area contributed by atoms with Gasteiger partial charge in [-0.15, -0.1) is 0 Å². The van der Waals surface area contributed by atoms with Crippen LogP contribution in [0.5, 0.6) is 0 Å². The number of hydrogen-bond donors (Lipinski definition) is 1. The van der Waals surface area contributed by atoms with Gasteiger partial charge >= 0.3 is 0 Å². The molecule has 3 heterocycles. The molecule has 0 aromatic carbocycles. The molecule has 2 aliphatic rings. The van der Waals surface area contributed by atoms with Crippen LogP contribution in [0.15, 0.2) is 46.0 Å². The molecule has 2 aromatic rings. The van der Waals surface area contributed by atoms with Crippen molar-refractivity contribution >= 4 is 23.0 Å². The van der Waals surface area contributed by atoms with Crippen LogP contribution in [-0.4, -0.2) is 36.9 Å². The van der Waals surface area contributed by atoms with E-state index in [1.54, 1.807) is 16.4 Å². The lowest BCUT2D eigenvalue weighted by Crippen LogP contribution is -2.31. The number of carbonyl (C=O) groups is 1. The molecule has 1 aliphatic heterocycles. The van der Waals surface area contributed by atoms with Crippen LogP contribution < -0.4 is 10.9 Å². The van der Waals surface area contributed by atoms with E-state index in [0.29, 0.717) is 24.2 Å². The first-order valence-corrected chi connectivity index (χ1v) is 10.7. The lowest BCUT2D eigenvalue weighted by molar-refractivity contribution is -0.125. The van der Waals surface area contributed by atoms with Gasteiger partial charge in [0.2, 0.25) is 6.10 Å². The third kappa shape index (κ3) is 3.86. The third-order valence-electron chi connectivity index (χ3n) is 5.86. The van der Waals surface area contributed by atoms with Gasteiger partial charge in [-0.25, -0.2) is 4.68 Å². The summed E-state index contributed by atoms with van der Waals surface area (Å²) in [5, 5.41) is 11.3. The van der Waals surface area contributed by atoms with Gasteiger partial charge in [-0.3, -0.25) is 19.0 Å². The Hall–Kier alpha value is -3.62. The van der Waals surface area contributed by atoms with Crippen LogP contribution in [0.4, 0.5) is 5.69 Å². The summed E-state index contributed by atoms with van der Waals surface area (Å²) in [6, 6.07) is 0. The molecule has 1 N–H and O–H groups in total. The summed E-state index contributed by atoms with van der Waals surface area (Å²) in [6.45, 7) is 8.48. The van der Waals surface area contributed by atoms with Crippen LogP contribution in [0.25, 0.3) is 5.70 Å². The van der Waals surface area contributed by atoms with E-state index in [-0.39, 0.29) is 11.2 Å². The van der Waals surface area contributed by atoms with Crippen LogP contribution in [0, 0.1) is 13.8 Å². The molecule has 1 aliphatic carbocycles. The fourth-order valence-corrected chi connectivity index (χ4v) is 3.89. The minimum absolute atomic E-state index is 0.249. The zero-order valence-corrected chi connectivity index (χ0v) is 19.0. The van der Waals surface area contributed by atoms with E-state index in [4.69, 9.17) is 4.84 Å². The zero-order valence-electron chi connectivity index (χ0n) is 19.0. The van der Waals surface area contributed by atoms with Crippen molar-refractivity contribution in [3.8, 4) is 0 Å². The molecular formula is C23H28N6O3. The van der Waals surface area contributed by atoms with Gasteiger partial charge in [-0.05, 0) is 33.8 Å². The summed E-state index contributed by atoms with van der Waals surface area (Å²) in [7, 11) is 1.81. The molecular weight excluding hydrogens is 408 g/mol. The first-order chi connectivity index (χ1) is 15.3. The Bertz CT molecular complexity index is 1250. The summed E-state index contributed by atoms with van der Waals surface area (Å²) < 4.78 is 5.17. The molecule has 0 bridgehead atoms. The summed E-state index contributed by atoms with van der Waals surface area (Å²) in [6.07, 6.45) is 9.99. The molecule has 4 rings (SSSR count). The molecule has 9 heteroatoms. The quantitative estimate of drug-likeness (QED) is 0.780. The maximum absolute atomic E-state index is 13.2. The fourth-order valence-electron chi connectivity index (χ4n) is 3.89. The third-order valence-corrected chi connectivity index (χ3v) is 5.86. The number of carbonyl (C=O) groups excluding carboxylic acids is 1. The van der Waals surface area contributed by atoms with Gasteiger partial charge in [0, 0.05) is 43.9 Å². The molecule has 9 nitrogen and oxygen atoms in total. The number of amides is 1. The average molecular weight is 437 g/mol. The largest absolute Gasteiger partial charge is 0.382 e. The maximum atomic E-state index is 13.2. The molecule has 32 heavy (non-hydrogen) atoms. The number of oxime groups is 1. The van der Waals surface area contributed by atoms with Crippen molar-refractivity contribution in [3.05, 3.63) is 63.4 Å². The average Bonchev–Trinajstić information content (AvgIpc) is 3.40. The van der Waals surface area contributed by atoms with Crippen molar-refractivity contribution in [2.45, 2.75) is 53.2 Å². The number of nitrogens with one attached hydrogen (secondary N) is 1. The van der Waals surface area contributed by atoms with Crippen LogP contribution in [0.2, 0.25) is 0 Å². The van der Waals surface area contributed by atoms with Gasteiger partial charge in [-0.1, -0.05) is 29.0 Å². The number of anilines is 1. The maximum Gasteiger partial charge on any atom is 0.295 e. The molecule has 1 unspecified atom stereocenters. The highest BCUT2D eigenvalue weighted by molar-refractivity contribution is 6.06. The predicted octanol–water partition coefficient (Wildman–Crippen LogP) is 2.90. The number of aryl methyl sites for hydroxylation is 2. The fraction of sp³-hybridized carbons (Fsp3) is 0.391. The second-order valence-corrected chi connectivity index (χ2v) is 8.09. The van der Waals surface area contributed by atoms with Crippen molar-refractivity contribution < 1.29 is 9.63 Å². The summed E-state index contributed by atoms with van der Waals surface area (Å²) in [5.74, 6) is -0.396. The molecule has 0 spiro atoms. The second kappa shape index (κ2) is 8.49. The Balaban J connectivity index is 1.53. The molecule has 2 aromatic heterocycles. The van der Waals surface area contributed by atoms with Gasteiger partial charge in [-0.2, -0.15) is 5.10 Å². The normalized spacial score (nSPS) is 18.0. The summed E-state index contributed by atoms with van der Waals surface area (Å²) >= 11 is 0. The van der Waals surface area contributed by atoms with Crippen LogP contribution in [0.1, 0.15) is 43.6 Å². The Morgan fingerprint density at radius 1 is 1.28 bits per heavy atom. The van der Waals surface area contributed by atoms with E-state index in [9.17, 15) is 9.59 Å². The van der Waals surface area contributed by atoms with Gasteiger partial charge in [0.15, 0.2) is 0 Å². The Kier molecular flexibility index (Phi) is 5.73. The monoisotopic (exact) mass is 436 g/mol. The Morgan fingerprint density at radius 2 is 2.06 bits per heavy atom. The van der Waals surface area contributed by atoms with Crippen LogP contribution >= 0.6 is 0 Å². The van der Waals surface area contributed by atoms with Crippen molar-refractivity contribution in [1.29, 1.82) is 0 Å². The molecule has 1 amide bonds. The minimum atomic E-state index is -0.799. The lowest BCUT2D eigenvalue weighted by atomic mass is 10.1. The highest BCUT2D eigenvalue weighted by atomic mass is 16.6. The summed E-state index contributed by atoms with van der Waals surface area (Å²) in [5.41, 5.74) is 4.98. The van der Waals surface area contributed by atoms with Crippen molar-refractivity contribution in [3.63, 3.8) is 0 Å². The SMILES string of the molecule is CCn1cc(C2=NOC(C(=O)Nc3c(C)n(C)n(C4=CC=C(C)C=CC4)c3=O)C2)c(C)n1. The number of hydrogen-bond acceptors (Lipinski definition) is 5. The van der Waals surface area contributed by atoms with Gasteiger partial charge < -0.3 is 10.2 Å². The van der Waals surface area contributed by atoms with Gasteiger partial charge in [0.25, 0.3) is 11.5 Å². The van der Waals surface area contributed by atoms with E-state index in [1.807, 2.05) is 62.9 Å². The van der Waals surface area contributed by atoms with E-state index < -0.39 is 12.0 Å². The molecule has 1 atom stereocenters. The minimum Gasteiger partial charge on any atom is -0.382 e. The van der Waals surface area contributed by atoms with E-state index >= 15 is 0 Å².